The molecule has 4 heterocycles. The Morgan fingerprint density at radius 2 is 1.91 bits per heavy atom. The number of nitrogens with two attached hydrogens (primary N) is 1. The molecule has 5 rings (SSSR count). The first-order valence-corrected chi connectivity index (χ1v) is 17.0. The summed E-state index contributed by atoms with van der Waals surface area (Å²) in [6.45, 7) is 15.2. The Balaban J connectivity index is 1.18. The van der Waals surface area contributed by atoms with Crippen LogP contribution < -0.4 is 16.0 Å². The van der Waals surface area contributed by atoms with E-state index in [9.17, 15) is 0 Å². The molecule has 250 valence electrons. The lowest BCUT2D eigenvalue weighted by atomic mass is 10.1. The third-order valence-electron chi connectivity index (χ3n) is 8.84. The molecule has 2 saturated heterocycles. The van der Waals surface area contributed by atoms with E-state index in [1.807, 2.05) is 25.4 Å². The number of rotatable bonds is 17. The van der Waals surface area contributed by atoms with Crippen LogP contribution in [-0.2, 0) is 16.0 Å². The number of unbranched alkanes of at least 4 members (excludes halogenated alkanes) is 1. The van der Waals surface area contributed by atoms with Crippen molar-refractivity contribution in [1.29, 1.82) is 0 Å². The van der Waals surface area contributed by atoms with Gasteiger partial charge < -0.3 is 30.3 Å². The van der Waals surface area contributed by atoms with Crippen molar-refractivity contribution in [1.82, 2.24) is 29.7 Å². The van der Waals surface area contributed by atoms with Gasteiger partial charge in [-0.1, -0.05) is 25.5 Å². The lowest BCUT2D eigenvalue weighted by Gasteiger charge is -2.41. The van der Waals surface area contributed by atoms with E-state index in [1.165, 1.54) is 24.9 Å². The van der Waals surface area contributed by atoms with Gasteiger partial charge in [0.2, 0.25) is 5.95 Å². The monoisotopic (exact) mass is 631 g/mol. The Morgan fingerprint density at radius 3 is 2.72 bits per heavy atom. The highest BCUT2D eigenvalue weighted by Crippen LogP contribution is 2.23. The number of nitrogens with zero attached hydrogens (tertiary/aromatic N) is 7. The van der Waals surface area contributed by atoms with Crippen LogP contribution in [0, 0.1) is 0 Å². The number of piperazine rings is 1. The SMILES string of the molecule is CCCCN1CCN(Cc2cccc(Nc3nccc(-c4ccc(N(C)CCCN)nc4)n3)c2)C(COCCN2CCOCC2)C1. The van der Waals surface area contributed by atoms with Crippen LogP contribution in [0.3, 0.4) is 0 Å². The Labute approximate surface area is 275 Å². The van der Waals surface area contributed by atoms with Crippen molar-refractivity contribution >= 4 is 17.5 Å². The van der Waals surface area contributed by atoms with Crippen LogP contribution in [0.4, 0.5) is 17.5 Å². The van der Waals surface area contributed by atoms with Gasteiger partial charge in [-0.15, -0.1) is 0 Å². The summed E-state index contributed by atoms with van der Waals surface area (Å²) in [7, 11) is 2.04. The number of ether oxygens (including phenoxy) is 2. The van der Waals surface area contributed by atoms with Crippen LogP contribution in [0.2, 0.25) is 0 Å². The van der Waals surface area contributed by atoms with Crippen molar-refractivity contribution in [2.45, 2.75) is 38.8 Å². The minimum atomic E-state index is 0.368. The lowest BCUT2D eigenvalue weighted by Crippen LogP contribution is -2.54. The molecule has 0 spiro atoms. The molecule has 11 heteroatoms. The largest absolute Gasteiger partial charge is 0.379 e. The third-order valence-corrected chi connectivity index (χ3v) is 8.84. The topological polar surface area (TPSA) is 108 Å². The van der Waals surface area contributed by atoms with Crippen molar-refractivity contribution < 1.29 is 9.47 Å². The van der Waals surface area contributed by atoms with Gasteiger partial charge in [-0.2, -0.15) is 0 Å². The average Bonchev–Trinajstić information content (AvgIpc) is 3.10. The van der Waals surface area contributed by atoms with Gasteiger partial charge in [0.25, 0.3) is 0 Å². The Bertz CT molecular complexity index is 1310. The predicted octanol–water partition coefficient (Wildman–Crippen LogP) is 3.70. The van der Waals surface area contributed by atoms with E-state index in [4.69, 9.17) is 20.2 Å². The summed E-state index contributed by atoms with van der Waals surface area (Å²) in [6.07, 6.45) is 7.06. The fourth-order valence-corrected chi connectivity index (χ4v) is 6.04. The van der Waals surface area contributed by atoms with Crippen molar-refractivity contribution in [2.24, 2.45) is 5.73 Å². The fourth-order valence-electron chi connectivity index (χ4n) is 6.04. The van der Waals surface area contributed by atoms with E-state index in [2.05, 4.69) is 72.1 Å². The minimum absolute atomic E-state index is 0.368. The van der Waals surface area contributed by atoms with Gasteiger partial charge in [-0.25, -0.2) is 15.0 Å². The molecule has 0 bridgehead atoms. The summed E-state index contributed by atoms with van der Waals surface area (Å²) in [5.74, 6) is 1.49. The van der Waals surface area contributed by atoms with Gasteiger partial charge in [-0.3, -0.25) is 9.80 Å². The second-order valence-corrected chi connectivity index (χ2v) is 12.4. The lowest BCUT2D eigenvalue weighted by molar-refractivity contribution is -0.0112. The molecule has 2 aliphatic heterocycles. The number of hydrogen-bond donors (Lipinski definition) is 2. The molecule has 0 amide bonds. The second-order valence-electron chi connectivity index (χ2n) is 12.4. The molecule has 1 atom stereocenters. The number of benzene rings is 1. The van der Waals surface area contributed by atoms with E-state index in [0.717, 1.165) is 108 Å². The van der Waals surface area contributed by atoms with E-state index < -0.39 is 0 Å². The van der Waals surface area contributed by atoms with Crippen molar-refractivity contribution in [3.05, 3.63) is 60.4 Å². The van der Waals surface area contributed by atoms with E-state index in [0.29, 0.717) is 18.5 Å². The summed E-state index contributed by atoms with van der Waals surface area (Å²) < 4.78 is 11.8. The van der Waals surface area contributed by atoms with Gasteiger partial charge in [0.05, 0.1) is 32.1 Å². The molecule has 1 aromatic carbocycles. The summed E-state index contributed by atoms with van der Waals surface area (Å²) in [4.78, 5) is 23.7. The summed E-state index contributed by atoms with van der Waals surface area (Å²) in [6, 6.07) is 15.0. The van der Waals surface area contributed by atoms with Crippen LogP contribution in [0.15, 0.2) is 54.9 Å². The van der Waals surface area contributed by atoms with Crippen molar-refractivity contribution in [3.63, 3.8) is 0 Å². The van der Waals surface area contributed by atoms with Gasteiger partial charge in [0, 0.05) is 89.1 Å². The quantitative estimate of drug-likeness (QED) is 0.213. The number of aromatic nitrogens is 3. The van der Waals surface area contributed by atoms with E-state index in [1.54, 1.807) is 6.20 Å². The molecule has 46 heavy (non-hydrogen) atoms. The Hall–Kier alpha value is -3.19. The van der Waals surface area contributed by atoms with Crippen LogP contribution in [-0.4, -0.2) is 128 Å². The Morgan fingerprint density at radius 1 is 1.02 bits per heavy atom. The standard InChI is InChI=1S/C35H53N9O2/c1-3-4-15-43-16-17-44(32(27-43)28-46-23-20-42-18-21-45-22-19-42)26-29-7-5-8-31(24-29)39-35-37-13-11-33(40-35)30-9-10-34(38-25-30)41(2)14-6-12-36/h5,7-11,13,24-25,32H,3-4,6,12,14-23,26-28,36H2,1-2H3,(H,37,39,40). The molecule has 0 saturated carbocycles. The maximum atomic E-state index is 6.29. The Kier molecular flexibility index (Phi) is 13.5. The molecule has 2 aliphatic rings. The molecular formula is C35H53N9O2. The molecule has 0 radical (unpaired) electrons. The third kappa shape index (κ3) is 10.4. The van der Waals surface area contributed by atoms with Gasteiger partial charge >= 0.3 is 0 Å². The predicted molar refractivity (Wildman–Crippen MR) is 186 cm³/mol. The summed E-state index contributed by atoms with van der Waals surface area (Å²) >= 11 is 0. The molecule has 1 unspecified atom stereocenters. The normalized spacial score (nSPS) is 18.1. The first-order chi connectivity index (χ1) is 22.6. The first kappa shape index (κ1) is 34.2. The zero-order chi connectivity index (χ0) is 32.0. The average molecular weight is 632 g/mol. The molecule has 0 aliphatic carbocycles. The zero-order valence-corrected chi connectivity index (χ0v) is 27.8. The van der Waals surface area contributed by atoms with Gasteiger partial charge in [-0.05, 0) is 61.8 Å². The van der Waals surface area contributed by atoms with Crippen LogP contribution >= 0.6 is 0 Å². The number of morpholine rings is 1. The second kappa shape index (κ2) is 18.2. The van der Waals surface area contributed by atoms with Gasteiger partial charge in [0.1, 0.15) is 5.82 Å². The van der Waals surface area contributed by atoms with Crippen molar-refractivity contribution in [3.8, 4) is 11.3 Å². The summed E-state index contributed by atoms with van der Waals surface area (Å²) in [5, 5.41) is 3.43. The molecule has 3 N–H and O–H groups in total. The minimum Gasteiger partial charge on any atom is -0.379 e. The fraction of sp³-hybridized carbons (Fsp3) is 0.571. The highest BCUT2D eigenvalue weighted by Gasteiger charge is 2.27. The van der Waals surface area contributed by atoms with Crippen LogP contribution in [0.1, 0.15) is 31.7 Å². The summed E-state index contributed by atoms with van der Waals surface area (Å²) in [5.41, 5.74) is 9.68. The number of nitrogens with one attached hydrogen (secondary N) is 1. The highest BCUT2D eigenvalue weighted by atomic mass is 16.5. The highest BCUT2D eigenvalue weighted by molar-refractivity contribution is 5.62. The molecule has 3 aromatic rings. The van der Waals surface area contributed by atoms with E-state index >= 15 is 0 Å². The number of pyridine rings is 1. The molecular weight excluding hydrogens is 578 g/mol. The maximum Gasteiger partial charge on any atom is 0.227 e. The molecule has 2 aromatic heterocycles. The van der Waals surface area contributed by atoms with Crippen LogP contribution in [0.25, 0.3) is 11.3 Å². The smallest absolute Gasteiger partial charge is 0.227 e. The zero-order valence-electron chi connectivity index (χ0n) is 27.8. The van der Waals surface area contributed by atoms with E-state index in [-0.39, 0.29) is 0 Å². The number of hydrogen-bond acceptors (Lipinski definition) is 11. The van der Waals surface area contributed by atoms with Gasteiger partial charge in [0.15, 0.2) is 0 Å². The molecule has 11 nitrogen and oxygen atoms in total. The van der Waals surface area contributed by atoms with Crippen LogP contribution in [0.5, 0.6) is 0 Å². The maximum absolute atomic E-state index is 6.29. The van der Waals surface area contributed by atoms with Crippen molar-refractivity contribution in [2.75, 3.05) is 103 Å². The number of anilines is 3. The first-order valence-electron chi connectivity index (χ1n) is 17.0. The molecule has 2 fully saturated rings.